The second-order valence-electron chi connectivity index (χ2n) is 15.0. The number of nitrogens with one attached hydrogen (secondary N) is 2. The van der Waals surface area contributed by atoms with E-state index in [0.717, 1.165) is 30.6 Å². The summed E-state index contributed by atoms with van der Waals surface area (Å²) in [7, 11) is 0. The molecule has 0 bridgehead atoms. The number of fused-ring (bicyclic) bond motifs is 7. The molecule has 2 heteroatoms. The van der Waals surface area contributed by atoms with Gasteiger partial charge in [0.25, 0.3) is 0 Å². The van der Waals surface area contributed by atoms with Crippen LogP contribution in [0.25, 0.3) is 59.9 Å². The maximum Gasteiger partial charge on any atom is 0.0483 e. The van der Waals surface area contributed by atoms with Gasteiger partial charge in [-0.25, -0.2) is 0 Å². The van der Waals surface area contributed by atoms with Crippen LogP contribution < -0.4 is 10.6 Å². The second kappa shape index (κ2) is 14.3. The maximum atomic E-state index is 3.94. The molecule has 3 aliphatic carbocycles. The molecule has 2 unspecified atom stereocenters. The molecule has 0 aromatic heterocycles. The SMILES string of the molecule is C1=CC2=CC=C(C/C=C(\NC3C=CC(Nc4ccccc4-c4cc5ccccc5c5ccc6ccccc6c45)=CC3)c3ccc4ccccc4c3)CC2C=C1. The van der Waals surface area contributed by atoms with Crippen molar-refractivity contribution in [2.45, 2.75) is 25.3 Å². The minimum Gasteiger partial charge on any atom is -0.378 e. The third kappa shape index (κ3) is 6.51. The Bertz CT molecular complexity index is 2860. The molecule has 0 amide bonds. The van der Waals surface area contributed by atoms with Crippen molar-refractivity contribution in [3.8, 4) is 11.1 Å². The van der Waals surface area contributed by atoms with Gasteiger partial charge >= 0.3 is 0 Å². The molecule has 2 nitrogen and oxygen atoms in total. The van der Waals surface area contributed by atoms with E-state index >= 15 is 0 Å². The average Bonchev–Trinajstić information content (AvgIpc) is 3.25. The molecule has 2 atom stereocenters. The first-order valence-electron chi connectivity index (χ1n) is 19.5. The van der Waals surface area contributed by atoms with Crippen LogP contribution in [0.1, 0.15) is 24.8 Å². The summed E-state index contributed by atoms with van der Waals surface area (Å²) in [6.45, 7) is 0. The molecule has 0 aliphatic heterocycles. The van der Waals surface area contributed by atoms with E-state index in [9.17, 15) is 0 Å². The Labute approximate surface area is 322 Å². The summed E-state index contributed by atoms with van der Waals surface area (Å²) >= 11 is 0. The van der Waals surface area contributed by atoms with Gasteiger partial charge in [0.1, 0.15) is 0 Å². The number of anilines is 1. The van der Waals surface area contributed by atoms with Crippen LogP contribution in [-0.2, 0) is 0 Å². The highest BCUT2D eigenvalue weighted by Crippen LogP contribution is 2.42. The van der Waals surface area contributed by atoms with Crippen LogP contribution in [0.4, 0.5) is 5.69 Å². The van der Waals surface area contributed by atoms with E-state index in [1.54, 1.807) is 0 Å². The van der Waals surface area contributed by atoms with E-state index in [4.69, 9.17) is 0 Å². The molecule has 7 aromatic rings. The van der Waals surface area contributed by atoms with Crippen molar-refractivity contribution >= 4 is 54.5 Å². The van der Waals surface area contributed by atoms with E-state index in [-0.39, 0.29) is 6.04 Å². The van der Waals surface area contributed by atoms with Crippen molar-refractivity contribution in [3.63, 3.8) is 0 Å². The molecule has 264 valence electrons. The third-order valence-corrected chi connectivity index (χ3v) is 11.5. The molecule has 0 spiro atoms. The number of hydrogen-bond acceptors (Lipinski definition) is 2. The standard InChI is InChI=1S/C53H42N2/c1-3-14-40-33-36(21-23-37(40)11-1)22-32-51(43-25-24-38-12-2-4-15-41(38)34-43)54-44-27-29-45(30-28-44)55-52-20-10-9-19-48(52)50-35-42-16-6-7-17-46(42)49-31-26-39-13-5-8-18-47(39)53(49)50/h1-21,23-27,29-32,34-35,40,44,54-55H,22,28,33H2/b51-32-. The van der Waals surface area contributed by atoms with Crippen LogP contribution in [0.2, 0.25) is 0 Å². The van der Waals surface area contributed by atoms with Gasteiger partial charge in [-0.3, -0.25) is 0 Å². The van der Waals surface area contributed by atoms with Crippen molar-refractivity contribution in [1.29, 1.82) is 0 Å². The molecular weight excluding hydrogens is 665 g/mol. The first-order valence-corrected chi connectivity index (χ1v) is 19.5. The second-order valence-corrected chi connectivity index (χ2v) is 15.0. The lowest BCUT2D eigenvalue weighted by molar-refractivity contribution is 0.710. The zero-order chi connectivity index (χ0) is 36.6. The van der Waals surface area contributed by atoms with Gasteiger partial charge in [-0.2, -0.15) is 0 Å². The fourth-order valence-corrected chi connectivity index (χ4v) is 8.63. The van der Waals surface area contributed by atoms with Gasteiger partial charge in [0, 0.05) is 34.6 Å². The van der Waals surface area contributed by atoms with Crippen LogP contribution in [0.15, 0.2) is 211 Å². The summed E-state index contributed by atoms with van der Waals surface area (Å²) in [5.41, 5.74) is 9.93. The number of allylic oxidation sites excluding steroid dienone is 10. The smallest absolute Gasteiger partial charge is 0.0483 e. The molecule has 55 heavy (non-hydrogen) atoms. The van der Waals surface area contributed by atoms with E-state index in [1.807, 2.05) is 0 Å². The van der Waals surface area contributed by atoms with Crippen molar-refractivity contribution in [2.24, 2.45) is 5.92 Å². The molecule has 0 fully saturated rings. The molecule has 2 N–H and O–H groups in total. The summed E-state index contributed by atoms with van der Waals surface area (Å²) in [5, 5.41) is 17.9. The quantitative estimate of drug-likeness (QED) is 0.154. The third-order valence-electron chi connectivity index (χ3n) is 11.5. The van der Waals surface area contributed by atoms with Gasteiger partial charge in [0.05, 0.1) is 0 Å². The van der Waals surface area contributed by atoms with E-state index < -0.39 is 0 Å². The summed E-state index contributed by atoms with van der Waals surface area (Å²) in [5.74, 6) is 0.484. The molecule has 3 aliphatic rings. The van der Waals surface area contributed by atoms with Crippen LogP contribution in [0, 0.1) is 5.92 Å². The van der Waals surface area contributed by atoms with Crippen molar-refractivity contribution in [2.75, 3.05) is 5.32 Å². The topological polar surface area (TPSA) is 24.1 Å². The van der Waals surface area contributed by atoms with Gasteiger partial charge in [-0.15, -0.1) is 0 Å². The predicted octanol–water partition coefficient (Wildman–Crippen LogP) is 13.6. The lowest BCUT2D eigenvalue weighted by Crippen LogP contribution is -2.27. The Hall–Kier alpha value is -6.64. The zero-order valence-corrected chi connectivity index (χ0v) is 30.8. The summed E-state index contributed by atoms with van der Waals surface area (Å²) in [6.07, 6.45) is 25.7. The molecule has 0 saturated heterocycles. The highest BCUT2D eigenvalue weighted by Gasteiger charge is 2.19. The Morgan fingerprint density at radius 1 is 0.618 bits per heavy atom. The number of hydrogen-bond donors (Lipinski definition) is 2. The van der Waals surface area contributed by atoms with Gasteiger partial charge < -0.3 is 10.6 Å². The minimum absolute atomic E-state index is 0.174. The Kier molecular flexibility index (Phi) is 8.57. The molecule has 7 aromatic carbocycles. The largest absolute Gasteiger partial charge is 0.378 e. The first kappa shape index (κ1) is 33.0. The fourth-order valence-electron chi connectivity index (χ4n) is 8.63. The van der Waals surface area contributed by atoms with Crippen molar-refractivity contribution in [1.82, 2.24) is 5.32 Å². The van der Waals surface area contributed by atoms with Crippen molar-refractivity contribution < 1.29 is 0 Å². The van der Waals surface area contributed by atoms with Crippen LogP contribution in [0.3, 0.4) is 0 Å². The molecule has 0 heterocycles. The molecular formula is C53H42N2. The number of benzene rings is 7. The van der Waals surface area contributed by atoms with E-state index in [0.29, 0.717) is 5.92 Å². The van der Waals surface area contributed by atoms with Crippen LogP contribution in [-0.4, -0.2) is 6.04 Å². The summed E-state index contributed by atoms with van der Waals surface area (Å²) < 4.78 is 0. The monoisotopic (exact) mass is 706 g/mol. The van der Waals surface area contributed by atoms with Gasteiger partial charge in [0.2, 0.25) is 0 Å². The number of para-hydroxylation sites is 1. The lowest BCUT2D eigenvalue weighted by Gasteiger charge is -2.24. The average molecular weight is 707 g/mol. The first-order chi connectivity index (χ1) is 27.2. The Morgan fingerprint density at radius 2 is 1.40 bits per heavy atom. The van der Waals surface area contributed by atoms with Crippen LogP contribution >= 0.6 is 0 Å². The van der Waals surface area contributed by atoms with E-state index in [1.165, 1.54) is 76.6 Å². The predicted molar refractivity (Wildman–Crippen MR) is 236 cm³/mol. The Morgan fingerprint density at radius 3 is 2.29 bits per heavy atom. The minimum atomic E-state index is 0.174. The van der Waals surface area contributed by atoms with E-state index in [2.05, 4.69) is 205 Å². The van der Waals surface area contributed by atoms with Gasteiger partial charge in [-0.05, 0) is 103 Å². The lowest BCUT2D eigenvalue weighted by atomic mass is 9.83. The maximum absolute atomic E-state index is 3.94. The van der Waals surface area contributed by atoms with Gasteiger partial charge in [-0.1, -0.05) is 176 Å². The summed E-state index contributed by atoms with van der Waals surface area (Å²) in [4.78, 5) is 0. The fraction of sp³-hybridized carbons (Fsp3) is 0.0943. The molecule has 10 rings (SSSR count). The molecule has 0 radical (unpaired) electrons. The normalized spacial score (nSPS) is 18.0. The number of rotatable bonds is 8. The zero-order valence-electron chi connectivity index (χ0n) is 30.8. The molecule has 0 saturated carbocycles. The van der Waals surface area contributed by atoms with Gasteiger partial charge in [0.15, 0.2) is 0 Å². The van der Waals surface area contributed by atoms with Crippen molar-refractivity contribution in [3.05, 3.63) is 217 Å². The summed E-state index contributed by atoms with van der Waals surface area (Å²) in [6, 6.07) is 48.8. The highest BCUT2D eigenvalue weighted by atomic mass is 14.9. The Balaban J connectivity index is 0.937. The highest BCUT2D eigenvalue weighted by molar-refractivity contribution is 6.23. The van der Waals surface area contributed by atoms with Crippen LogP contribution in [0.5, 0.6) is 0 Å².